The van der Waals surface area contributed by atoms with Gasteiger partial charge in [-0.25, -0.2) is 0 Å². The van der Waals surface area contributed by atoms with Crippen LogP contribution in [0.3, 0.4) is 0 Å². The molecule has 2 nitrogen and oxygen atoms in total. The second-order valence-corrected chi connectivity index (χ2v) is 3.83. The highest BCUT2D eigenvalue weighted by atomic mass is 15.4. The van der Waals surface area contributed by atoms with E-state index in [0.29, 0.717) is 0 Å². The van der Waals surface area contributed by atoms with Crippen LogP contribution in [0.2, 0.25) is 0 Å². The zero-order chi connectivity index (χ0) is 9.31. The maximum Gasteiger partial charge on any atom is 0.0821 e. The molecule has 0 bridgehead atoms. The van der Waals surface area contributed by atoms with E-state index in [1.807, 2.05) is 6.07 Å². The highest BCUT2D eigenvalue weighted by Gasteiger charge is 2.30. The largest absolute Gasteiger partial charge is 0.299 e. The topological polar surface area (TPSA) is 24.4 Å². The Morgan fingerprint density at radius 2 is 2.00 bits per heavy atom. The van der Waals surface area contributed by atoms with Gasteiger partial charge < -0.3 is 0 Å². The molecule has 0 aliphatic carbocycles. The maximum absolute atomic E-state index is 4.23. The van der Waals surface area contributed by atoms with Gasteiger partial charge in [-0.1, -0.05) is 30.3 Å². The average molecular weight is 174 g/mol. The van der Waals surface area contributed by atoms with Crippen LogP contribution in [0.15, 0.2) is 35.4 Å². The molecule has 0 fully saturated rings. The van der Waals surface area contributed by atoms with Crippen LogP contribution in [0.4, 0.5) is 0 Å². The fourth-order valence-electron chi connectivity index (χ4n) is 1.78. The molecule has 68 valence electrons. The molecule has 1 unspecified atom stereocenters. The monoisotopic (exact) mass is 174 g/mol. The Morgan fingerprint density at radius 3 is 2.54 bits per heavy atom. The highest BCUT2D eigenvalue weighted by molar-refractivity contribution is 5.84. The lowest BCUT2D eigenvalue weighted by molar-refractivity contribution is 0.421. The number of hydrogen-bond donors (Lipinski definition) is 1. The number of nitrogens with zero attached hydrogens (tertiary/aromatic N) is 1. The Labute approximate surface area is 78.7 Å². The molecule has 0 saturated carbocycles. The van der Waals surface area contributed by atoms with Crippen molar-refractivity contribution in [3.8, 4) is 0 Å². The maximum atomic E-state index is 4.23. The average Bonchev–Trinajstić information content (AvgIpc) is 2.49. The molecule has 2 rings (SSSR count). The van der Waals surface area contributed by atoms with E-state index in [2.05, 4.69) is 48.6 Å². The normalized spacial score (nSPS) is 26.8. The van der Waals surface area contributed by atoms with Gasteiger partial charge >= 0.3 is 0 Å². The summed E-state index contributed by atoms with van der Waals surface area (Å²) in [5.74, 6) is 0. The number of rotatable bonds is 1. The van der Waals surface area contributed by atoms with E-state index in [1.54, 1.807) is 0 Å². The minimum Gasteiger partial charge on any atom is -0.299 e. The van der Waals surface area contributed by atoms with Crippen molar-refractivity contribution in [3.05, 3.63) is 35.9 Å². The van der Waals surface area contributed by atoms with Gasteiger partial charge in [-0.2, -0.15) is 5.10 Å². The van der Waals surface area contributed by atoms with Gasteiger partial charge in [-0.3, -0.25) is 5.43 Å². The first-order valence-electron chi connectivity index (χ1n) is 4.57. The summed E-state index contributed by atoms with van der Waals surface area (Å²) in [5.41, 5.74) is 5.67. The molecule has 0 aromatic heterocycles. The standard InChI is InChI=1S/C11H14N2/c1-9-8-11(2,13-12-9)10-6-4-3-5-7-10/h3-7,13H,8H2,1-2H3. The quantitative estimate of drug-likeness (QED) is 0.694. The smallest absolute Gasteiger partial charge is 0.0821 e. The Balaban J connectivity index is 2.28. The number of nitrogens with one attached hydrogen (secondary N) is 1. The Morgan fingerprint density at radius 1 is 1.31 bits per heavy atom. The van der Waals surface area contributed by atoms with Gasteiger partial charge in [-0.15, -0.1) is 0 Å². The van der Waals surface area contributed by atoms with E-state index in [9.17, 15) is 0 Å². The SMILES string of the molecule is CC1=NNC(C)(c2ccccc2)C1. The van der Waals surface area contributed by atoms with Crippen LogP contribution in [0.1, 0.15) is 25.8 Å². The number of benzene rings is 1. The first kappa shape index (κ1) is 8.30. The lowest BCUT2D eigenvalue weighted by Crippen LogP contribution is -2.32. The summed E-state index contributed by atoms with van der Waals surface area (Å²) < 4.78 is 0. The van der Waals surface area contributed by atoms with Crippen LogP contribution in [0, 0.1) is 0 Å². The molecule has 1 aromatic carbocycles. The molecule has 1 atom stereocenters. The third-order valence-corrected chi connectivity index (χ3v) is 2.51. The molecule has 0 spiro atoms. The molecule has 1 aromatic rings. The molecule has 0 amide bonds. The summed E-state index contributed by atoms with van der Waals surface area (Å²) in [6, 6.07) is 10.4. The molecule has 1 aliphatic rings. The Bertz CT molecular complexity index is 329. The molecule has 0 radical (unpaired) electrons. The zero-order valence-corrected chi connectivity index (χ0v) is 8.04. The Kier molecular flexibility index (Phi) is 1.83. The van der Waals surface area contributed by atoms with Gasteiger partial charge in [0.05, 0.1) is 5.54 Å². The third kappa shape index (κ3) is 1.44. The van der Waals surface area contributed by atoms with E-state index in [1.165, 1.54) is 11.3 Å². The van der Waals surface area contributed by atoms with Crippen molar-refractivity contribution in [3.63, 3.8) is 0 Å². The highest BCUT2D eigenvalue weighted by Crippen LogP contribution is 2.28. The molecular weight excluding hydrogens is 160 g/mol. The van der Waals surface area contributed by atoms with Crippen molar-refractivity contribution in [1.29, 1.82) is 0 Å². The predicted molar refractivity (Wildman–Crippen MR) is 54.7 cm³/mol. The van der Waals surface area contributed by atoms with Crippen molar-refractivity contribution in [1.82, 2.24) is 5.43 Å². The molecule has 13 heavy (non-hydrogen) atoms. The fourth-order valence-corrected chi connectivity index (χ4v) is 1.78. The van der Waals surface area contributed by atoms with Gasteiger partial charge in [0, 0.05) is 12.1 Å². The lowest BCUT2D eigenvalue weighted by Gasteiger charge is -2.23. The molecule has 1 heterocycles. The van der Waals surface area contributed by atoms with E-state index in [-0.39, 0.29) is 5.54 Å². The second kappa shape index (κ2) is 2.87. The van der Waals surface area contributed by atoms with Crippen molar-refractivity contribution in [2.24, 2.45) is 5.10 Å². The second-order valence-electron chi connectivity index (χ2n) is 3.83. The van der Waals surface area contributed by atoms with Crippen molar-refractivity contribution >= 4 is 5.71 Å². The summed E-state index contributed by atoms with van der Waals surface area (Å²) in [5, 5.41) is 4.23. The van der Waals surface area contributed by atoms with Crippen molar-refractivity contribution in [2.45, 2.75) is 25.8 Å². The number of hydrazone groups is 1. The van der Waals surface area contributed by atoms with Gasteiger partial charge in [0.2, 0.25) is 0 Å². The lowest BCUT2D eigenvalue weighted by atomic mass is 9.89. The zero-order valence-electron chi connectivity index (χ0n) is 8.04. The van der Waals surface area contributed by atoms with Crippen LogP contribution < -0.4 is 5.43 Å². The van der Waals surface area contributed by atoms with Crippen molar-refractivity contribution in [2.75, 3.05) is 0 Å². The molecule has 1 N–H and O–H groups in total. The van der Waals surface area contributed by atoms with E-state index in [0.717, 1.165) is 6.42 Å². The van der Waals surface area contributed by atoms with Gasteiger partial charge in [0.15, 0.2) is 0 Å². The minimum atomic E-state index is 0.00530. The van der Waals surface area contributed by atoms with Gasteiger partial charge in [-0.05, 0) is 19.4 Å². The molecule has 0 saturated heterocycles. The molecule has 1 aliphatic heterocycles. The van der Waals surface area contributed by atoms with Crippen molar-refractivity contribution < 1.29 is 0 Å². The molecule has 2 heteroatoms. The van der Waals surface area contributed by atoms with Crippen LogP contribution in [-0.4, -0.2) is 5.71 Å². The van der Waals surface area contributed by atoms with Crippen LogP contribution in [0.5, 0.6) is 0 Å². The fraction of sp³-hybridized carbons (Fsp3) is 0.364. The van der Waals surface area contributed by atoms with E-state index >= 15 is 0 Å². The first-order valence-corrected chi connectivity index (χ1v) is 4.57. The number of hydrogen-bond acceptors (Lipinski definition) is 2. The molecular formula is C11H14N2. The third-order valence-electron chi connectivity index (χ3n) is 2.51. The Hall–Kier alpha value is -1.31. The van der Waals surface area contributed by atoms with Crippen LogP contribution >= 0.6 is 0 Å². The summed E-state index contributed by atoms with van der Waals surface area (Å²) in [4.78, 5) is 0. The van der Waals surface area contributed by atoms with E-state index in [4.69, 9.17) is 0 Å². The summed E-state index contributed by atoms with van der Waals surface area (Å²) in [6.07, 6.45) is 0.997. The van der Waals surface area contributed by atoms with Gasteiger partial charge in [0.1, 0.15) is 0 Å². The summed E-state index contributed by atoms with van der Waals surface area (Å²) >= 11 is 0. The summed E-state index contributed by atoms with van der Waals surface area (Å²) in [6.45, 7) is 4.24. The first-order chi connectivity index (χ1) is 6.21. The summed E-state index contributed by atoms with van der Waals surface area (Å²) in [7, 11) is 0. The van der Waals surface area contributed by atoms with Gasteiger partial charge in [0.25, 0.3) is 0 Å². The predicted octanol–water partition coefficient (Wildman–Crippen LogP) is 2.27. The van der Waals surface area contributed by atoms with Crippen LogP contribution in [-0.2, 0) is 5.54 Å². The minimum absolute atomic E-state index is 0.00530. The van der Waals surface area contributed by atoms with E-state index < -0.39 is 0 Å². The van der Waals surface area contributed by atoms with Crippen LogP contribution in [0.25, 0.3) is 0 Å².